The Morgan fingerprint density at radius 2 is 1.70 bits per heavy atom. The predicted molar refractivity (Wildman–Crippen MR) is 72.5 cm³/mol. The number of rotatable bonds is 4. The second-order valence-corrected chi connectivity index (χ2v) is 4.42. The molecule has 0 aliphatic rings. The number of carbonyl (C=O) groups is 2. The summed E-state index contributed by atoms with van der Waals surface area (Å²) in [6.07, 6.45) is 0. The van der Waals surface area contributed by atoms with Crippen molar-refractivity contribution in [3.63, 3.8) is 0 Å². The normalized spacial score (nSPS) is 10.1. The maximum absolute atomic E-state index is 13.3. The summed E-state index contributed by atoms with van der Waals surface area (Å²) in [7, 11) is 0. The summed E-state index contributed by atoms with van der Waals surface area (Å²) < 4.78 is 18.1. The molecule has 2 aromatic carbocycles. The maximum atomic E-state index is 13.3. The van der Waals surface area contributed by atoms with Gasteiger partial charge in [0.25, 0.3) is 0 Å². The lowest BCUT2D eigenvalue weighted by Crippen LogP contribution is -2.15. The van der Waals surface area contributed by atoms with Crippen LogP contribution in [-0.2, 0) is 4.74 Å². The summed E-state index contributed by atoms with van der Waals surface area (Å²) in [4.78, 5) is 23.4. The minimum Gasteiger partial charge on any atom is -0.454 e. The molecule has 0 radical (unpaired) electrons. The fourth-order valence-electron chi connectivity index (χ4n) is 1.55. The molecule has 0 N–H and O–H groups in total. The van der Waals surface area contributed by atoms with Crippen molar-refractivity contribution in [3.8, 4) is 0 Å². The van der Waals surface area contributed by atoms with Crippen LogP contribution in [0.25, 0.3) is 0 Å². The molecule has 0 spiro atoms. The molecule has 2 rings (SSSR count). The highest BCUT2D eigenvalue weighted by atomic mass is 35.5. The number of ketones is 1. The Hall–Kier alpha value is -2.20. The Balaban J connectivity index is 1.99. The first-order valence-electron chi connectivity index (χ1n) is 5.78. The average Bonchev–Trinajstić information content (AvgIpc) is 2.45. The van der Waals surface area contributed by atoms with E-state index in [1.54, 1.807) is 12.1 Å². The summed E-state index contributed by atoms with van der Waals surface area (Å²) in [5, 5.41) is 0.505. The van der Waals surface area contributed by atoms with Gasteiger partial charge in [-0.2, -0.15) is 0 Å². The Bertz CT molecular complexity index is 638. The average molecular weight is 293 g/mol. The molecule has 0 amide bonds. The predicted octanol–water partition coefficient (Wildman–Crippen LogP) is 3.52. The zero-order valence-corrected chi connectivity index (χ0v) is 11.1. The number of benzene rings is 2. The van der Waals surface area contributed by atoms with Gasteiger partial charge in [0.1, 0.15) is 5.82 Å². The third kappa shape index (κ3) is 3.42. The number of hydrogen-bond donors (Lipinski definition) is 0. The molecule has 0 bridgehead atoms. The second-order valence-electron chi connectivity index (χ2n) is 3.99. The number of ether oxygens (including phenoxy) is 1. The van der Waals surface area contributed by atoms with Gasteiger partial charge in [-0.1, -0.05) is 23.7 Å². The summed E-state index contributed by atoms with van der Waals surface area (Å²) in [5.41, 5.74) is 0.173. The van der Waals surface area contributed by atoms with Gasteiger partial charge in [0.2, 0.25) is 0 Å². The molecule has 102 valence electrons. The van der Waals surface area contributed by atoms with Crippen molar-refractivity contribution >= 4 is 23.4 Å². The molecule has 2 aromatic rings. The summed E-state index contributed by atoms with van der Waals surface area (Å²) >= 11 is 5.70. The quantitative estimate of drug-likeness (QED) is 0.640. The Morgan fingerprint density at radius 3 is 2.35 bits per heavy atom. The molecular weight excluding hydrogens is 283 g/mol. The first-order chi connectivity index (χ1) is 9.58. The standard InChI is InChI=1S/C15H10ClFO3/c16-11-7-5-10(6-8-11)14(18)9-20-15(19)12-3-1-2-4-13(12)17/h1-8H,9H2. The van der Waals surface area contributed by atoms with Crippen LogP contribution >= 0.6 is 11.6 Å². The fraction of sp³-hybridized carbons (Fsp3) is 0.0667. The molecule has 0 unspecified atom stereocenters. The summed E-state index contributed by atoms with van der Waals surface area (Å²) in [6, 6.07) is 11.6. The first-order valence-corrected chi connectivity index (χ1v) is 6.16. The Morgan fingerprint density at radius 1 is 1.05 bits per heavy atom. The van der Waals surface area contributed by atoms with Gasteiger partial charge in [-0.3, -0.25) is 4.79 Å². The van der Waals surface area contributed by atoms with Crippen LogP contribution in [0.5, 0.6) is 0 Å². The van der Waals surface area contributed by atoms with Crippen LogP contribution in [0.15, 0.2) is 48.5 Å². The van der Waals surface area contributed by atoms with Crippen LogP contribution in [0, 0.1) is 5.82 Å². The molecule has 0 aliphatic heterocycles. The molecule has 0 saturated carbocycles. The SMILES string of the molecule is O=C(COC(=O)c1ccccc1F)c1ccc(Cl)cc1. The van der Waals surface area contributed by atoms with E-state index in [-0.39, 0.29) is 11.3 Å². The van der Waals surface area contributed by atoms with Crippen LogP contribution in [-0.4, -0.2) is 18.4 Å². The number of halogens is 2. The molecule has 0 aliphatic carbocycles. The van der Waals surface area contributed by atoms with E-state index < -0.39 is 18.4 Å². The topological polar surface area (TPSA) is 43.4 Å². The highest BCUT2D eigenvalue weighted by Crippen LogP contribution is 2.11. The Labute approximate surface area is 119 Å². The zero-order chi connectivity index (χ0) is 14.5. The van der Waals surface area contributed by atoms with E-state index in [1.165, 1.54) is 30.3 Å². The van der Waals surface area contributed by atoms with Crippen molar-refractivity contribution in [2.45, 2.75) is 0 Å². The molecule has 0 heterocycles. The highest BCUT2D eigenvalue weighted by Gasteiger charge is 2.14. The summed E-state index contributed by atoms with van der Waals surface area (Å²) in [6.45, 7) is -0.450. The Kier molecular flexibility index (Phi) is 4.48. The van der Waals surface area contributed by atoms with Gasteiger partial charge in [-0.25, -0.2) is 9.18 Å². The lowest BCUT2D eigenvalue weighted by Gasteiger charge is -2.05. The lowest BCUT2D eigenvalue weighted by atomic mass is 10.1. The van der Waals surface area contributed by atoms with E-state index in [2.05, 4.69) is 0 Å². The lowest BCUT2D eigenvalue weighted by molar-refractivity contribution is 0.0470. The fourth-order valence-corrected chi connectivity index (χ4v) is 1.68. The van der Waals surface area contributed by atoms with E-state index in [0.717, 1.165) is 6.07 Å². The van der Waals surface area contributed by atoms with Gasteiger partial charge in [0, 0.05) is 10.6 Å². The molecule has 0 fully saturated rings. The third-order valence-corrected chi connectivity index (χ3v) is 2.85. The van der Waals surface area contributed by atoms with Crippen LogP contribution in [0.2, 0.25) is 5.02 Å². The number of carbonyl (C=O) groups excluding carboxylic acids is 2. The molecule has 20 heavy (non-hydrogen) atoms. The minimum atomic E-state index is -0.870. The molecule has 3 nitrogen and oxygen atoms in total. The van der Waals surface area contributed by atoms with Crippen molar-refractivity contribution in [3.05, 3.63) is 70.5 Å². The van der Waals surface area contributed by atoms with E-state index in [1.807, 2.05) is 0 Å². The molecule has 0 atom stereocenters. The summed E-state index contributed by atoms with van der Waals surface area (Å²) in [5.74, 6) is -1.94. The van der Waals surface area contributed by atoms with Crippen molar-refractivity contribution in [1.82, 2.24) is 0 Å². The van der Waals surface area contributed by atoms with Crippen LogP contribution < -0.4 is 0 Å². The second kappa shape index (κ2) is 6.30. The van der Waals surface area contributed by atoms with E-state index in [9.17, 15) is 14.0 Å². The van der Waals surface area contributed by atoms with E-state index >= 15 is 0 Å². The number of Topliss-reactive ketones (excluding diaryl/α,β-unsaturated/α-hetero) is 1. The van der Waals surface area contributed by atoms with Crippen molar-refractivity contribution in [2.24, 2.45) is 0 Å². The highest BCUT2D eigenvalue weighted by molar-refractivity contribution is 6.30. The van der Waals surface area contributed by atoms with E-state index in [0.29, 0.717) is 10.6 Å². The van der Waals surface area contributed by atoms with Gasteiger partial charge in [0.15, 0.2) is 12.4 Å². The van der Waals surface area contributed by atoms with Gasteiger partial charge >= 0.3 is 5.97 Å². The maximum Gasteiger partial charge on any atom is 0.341 e. The molecular formula is C15H10ClFO3. The molecule has 0 aromatic heterocycles. The van der Waals surface area contributed by atoms with Crippen LogP contribution in [0.4, 0.5) is 4.39 Å². The monoisotopic (exact) mass is 292 g/mol. The number of hydrogen-bond acceptors (Lipinski definition) is 3. The van der Waals surface area contributed by atoms with Gasteiger partial charge in [-0.15, -0.1) is 0 Å². The van der Waals surface area contributed by atoms with Gasteiger partial charge < -0.3 is 4.74 Å². The minimum absolute atomic E-state index is 0.198. The van der Waals surface area contributed by atoms with E-state index in [4.69, 9.17) is 16.3 Å². The van der Waals surface area contributed by atoms with Crippen LogP contribution in [0.1, 0.15) is 20.7 Å². The molecule has 0 saturated heterocycles. The number of esters is 1. The zero-order valence-electron chi connectivity index (χ0n) is 10.3. The van der Waals surface area contributed by atoms with Crippen molar-refractivity contribution in [2.75, 3.05) is 6.61 Å². The first kappa shape index (κ1) is 14.2. The largest absolute Gasteiger partial charge is 0.454 e. The van der Waals surface area contributed by atoms with Crippen molar-refractivity contribution in [1.29, 1.82) is 0 Å². The van der Waals surface area contributed by atoms with Gasteiger partial charge in [0.05, 0.1) is 5.56 Å². The van der Waals surface area contributed by atoms with Gasteiger partial charge in [-0.05, 0) is 36.4 Å². The third-order valence-electron chi connectivity index (χ3n) is 2.59. The van der Waals surface area contributed by atoms with Crippen LogP contribution in [0.3, 0.4) is 0 Å². The van der Waals surface area contributed by atoms with Crippen molar-refractivity contribution < 1.29 is 18.7 Å². The smallest absolute Gasteiger partial charge is 0.341 e. The molecule has 5 heteroatoms.